The van der Waals surface area contributed by atoms with E-state index in [9.17, 15) is 19.5 Å². The van der Waals surface area contributed by atoms with Crippen LogP contribution in [-0.2, 0) is 20.8 Å². The summed E-state index contributed by atoms with van der Waals surface area (Å²) >= 11 is 0. The predicted molar refractivity (Wildman–Crippen MR) is 154 cm³/mol. The molecule has 0 aromatic heterocycles. The molecule has 0 spiro atoms. The van der Waals surface area contributed by atoms with E-state index < -0.39 is 35.3 Å². The van der Waals surface area contributed by atoms with E-state index in [-0.39, 0.29) is 18.9 Å². The van der Waals surface area contributed by atoms with Crippen molar-refractivity contribution in [1.82, 2.24) is 10.2 Å². The molecule has 4 atom stereocenters. The standard InChI is InChI=1S/C34H30N2O4/c1-22-10-5-8-16-27(22)30-28-29(32(38)36(31(28)37)19-9-13-23-11-3-2-4-12-23)34(35-30,33(39)40)21-24-17-18-25-14-6-7-15-26(25)20-24/h2-18,20,28-30,35H,19,21H2,1H3,(H,39,40)/b13-9-. The van der Waals surface area contributed by atoms with Gasteiger partial charge in [0.1, 0.15) is 5.54 Å². The maximum atomic E-state index is 14.0. The number of hydrogen-bond acceptors (Lipinski definition) is 4. The van der Waals surface area contributed by atoms with Gasteiger partial charge in [0, 0.05) is 19.0 Å². The maximum absolute atomic E-state index is 14.0. The number of amides is 2. The number of rotatable bonds is 7. The highest BCUT2D eigenvalue weighted by Gasteiger charge is 2.68. The fourth-order valence-electron chi connectivity index (χ4n) is 6.41. The van der Waals surface area contributed by atoms with Crippen molar-refractivity contribution in [1.29, 1.82) is 0 Å². The third-order valence-electron chi connectivity index (χ3n) is 8.35. The van der Waals surface area contributed by atoms with Crippen LogP contribution in [0.1, 0.15) is 28.3 Å². The minimum atomic E-state index is -1.65. The summed E-state index contributed by atoms with van der Waals surface area (Å²) in [6, 6.07) is 30.4. The lowest BCUT2D eigenvalue weighted by Crippen LogP contribution is -2.57. The van der Waals surface area contributed by atoms with Gasteiger partial charge in [-0.1, -0.05) is 109 Å². The molecular weight excluding hydrogens is 500 g/mol. The second-order valence-corrected chi connectivity index (χ2v) is 10.7. The number of likely N-dealkylation sites (tertiary alicyclic amines) is 1. The van der Waals surface area contributed by atoms with E-state index in [4.69, 9.17) is 0 Å². The predicted octanol–water partition coefficient (Wildman–Crippen LogP) is 5.17. The van der Waals surface area contributed by atoms with Crippen LogP contribution in [0.3, 0.4) is 0 Å². The molecule has 6 nitrogen and oxygen atoms in total. The Morgan fingerprint density at radius 2 is 1.60 bits per heavy atom. The van der Waals surface area contributed by atoms with Crippen molar-refractivity contribution in [2.24, 2.45) is 11.8 Å². The highest BCUT2D eigenvalue weighted by molar-refractivity contribution is 6.09. The van der Waals surface area contributed by atoms with Crippen LogP contribution >= 0.6 is 0 Å². The number of nitrogens with one attached hydrogen (secondary N) is 1. The summed E-state index contributed by atoms with van der Waals surface area (Å²) in [5.41, 5.74) is 1.87. The van der Waals surface area contributed by atoms with Gasteiger partial charge in [-0.3, -0.25) is 24.6 Å². The van der Waals surface area contributed by atoms with Crippen LogP contribution in [0.5, 0.6) is 0 Å². The summed E-state index contributed by atoms with van der Waals surface area (Å²) in [5, 5.41) is 16.2. The number of imide groups is 1. The second kappa shape index (κ2) is 10.2. The summed E-state index contributed by atoms with van der Waals surface area (Å²) < 4.78 is 0. The first-order valence-corrected chi connectivity index (χ1v) is 13.5. The number of carbonyl (C=O) groups is 3. The molecule has 2 N–H and O–H groups in total. The molecule has 6 heteroatoms. The average molecular weight is 531 g/mol. The molecule has 0 bridgehead atoms. The van der Waals surface area contributed by atoms with Crippen LogP contribution in [0.25, 0.3) is 16.8 Å². The van der Waals surface area contributed by atoms with Crippen molar-refractivity contribution in [3.05, 3.63) is 125 Å². The van der Waals surface area contributed by atoms with Crippen LogP contribution in [0.2, 0.25) is 0 Å². The van der Waals surface area contributed by atoms with Gasteiger partial charge < -0.3 is 5.11 Å². The van der Waals surface area contributed by atoms with E-state index in [0.717, 1.165) is 33.0 Å². The Bertz CT molecular complexity index is 1650. The first kappa shape index (κ1) is 25.7. The number of benzene rings is 4. The lowest BCUT2D eigenvalue weighted by molar-refractivity contribution is -0.151. The highest BCUT2D eigenvalue weighted by Crippen LogP contribution is 2.50. The van der Waals surface area contributed by atoms with E-state index in [1.807, 2.05) is 110 Å². The number of hydrogen-bond donors (Lipinski definition) is 2. The van der Waals surface area contributed by atoms with Crippen LogP contribution in [0.15, 0.2) is 103 Å². The average Bonchev–Trinajstić information content (AvgIpc) is 3.43. The molecule has 200 valence electrons. The maximum Gasteiger partial charge on any atom is 0.325 e. The van der Waals surface area contributed by atoms with E-state index in [1.54, 1.807) is 6.08 Å². The quantitative estimate of drug-likeness (QED) is 0.322. The van der Waals surface area contributed by atoms with Gasteiger partial charge in [0.2, 0.25) is 11.8 Å². The van der Waals surface area contributed by atoms with E-state index in [2.05, 4.69) is 5.32 Å². The number of carboxylic acid groups (broad SMARTS) is 1. The van der Waals surface area contributed by atoms with Crippen molar-refractivity contribution < 1.29 is 19.5 Å². The lowest BCUT2D eigenvalue weighted by Gasteiger charge is -2.31. The molecule has 0 aliphatic carbocycles. The topological polar surface area (TPSA) is 86.7 Å². The molecule has 2 aliphatic rings. The van der Waals surface area contributed by atoms with Crippen molar-refractivity contribution in [2.45, 2.75) is 24.9 Å². The smallest absolute Gasteiger partial charge is 0.325 e. The van der Waals surface area contributed by atoms with Crippen molar-refractivity contribution in [3.8, 4) is 0 Å². The Labute approximate surface area is 232 Å². The molecule has 2 heterocycles. The molecule has 4 aromatic rings. The molecule has 2 amide bonds. The van der Waals surface area contributed by atoms with Gasteiger partial charge in [0.15, 0.2) is 0 Å². The normalized spacial score (nSPS) is 24.2. The van der Waals surface area contributed by atoms with Gasteiger partial charge in [-0.25, -0.2) is 0 Å². The van der Waals surface area contributed by atoms with E-state index in [1.165, 1.54) is 4.90 Å². The Hall–Kier alpha value is -4.55. The van der Waals surface area contributed by atoms with Gasteiger partial charge in [0.25, 0.3) is 0 Å². The molecule has 2 aliphatic heterocycles. The first-order chi connectivity index (χ1) is 19.4. The molecule has 0 radical (unpaired) electrons. The number of aryl methyl sites for hydroxylation is 1. The van der Waals surface area contributed by atoms with Gasteiger partial charge in [-0.05, 0) is 39.9 Å². The summed E-state index contributed by atoms with van der Waals surface area (Å²) in [6.45, 7) is 2.03. The molecule has 4 unspecified atom stereocenters. The summed E-state index contributed by atoms with van der Waals surface area (Å²) in [4.78, 5) is 42.3. The van der Waals surface area contributed by atoms with Crippen LogP contribution in [0, 0.1) is 18.8 Å². The minimum absolute atomic E-state index is 0.0728. The van der Waals surface area contributed by atoms with Gasteiger partial charge in [0.05, 0.1) is 11.8 Å². The number of carboxylic acids is 1. The van der Waals surface area contributed by atoms with Gasteiger partial charge >= 0.3 is 5.97 Å². The fourth-order valence-corrected chi connectivity index (χ4v) is 6.41. The summed E-state index contributed by atoms with van der Waals surface area (Å²) in [6.07, 6.45) is 3.73. The Morgan fingerprint density at radius 3 is 2.35 bits per heavy atom. The van der Waals surface area contributed by atoms with Crippen molar-refractivity contribution in [3.63, 3.8) is 0 Å². The highest BCUT2D eigenvalue weighted by atomic mass is 16.4. The Kier molecular flexibility index (Phi) is 6.56. The third-order valence-corrected chi connectivity index (χ3v) is 8.35. The fraction of sp³-hybridized carbons (Fsp3) is 0.206. The Morgan fingerprint density at radius 1 is 0.900 bits per heavy atom. The zero-order chi connectivity index (χ0) is 27.9. The zero-order valence-electron chi connectivity index (χ0n) is 22.2. The Balaban J connectivity index is 1.41. The lowest BCUT2D eigenvalue weighted by atomic mass is 9.76. The van der Waals surface area contributed by atoms with Crippen molar-refractivity contribution in [2.75, 3.05) is 6.54 Å². The first-order valence-electron chi connectivity index (χ1n) is 13.5. The van der Waals surface area contributed by atoms with E-state index >= 15 is 0 Å². The molecule has 40 heavy (non-hydrogen) atoms. The second-order valence-electron chi connectivity index (χ2n) is 10.7. The minimum Gasteiger partial charge on any atom is -0.480 e. The molecule has 2 fully saturated rings. The third kappa shape index (κ3) is 4.31. The van der Waals surface area contributed by atoms with Gasteiger partial charge in [-0.2, -0.15) is 0 Å². The molecule has 0 saturated carbocycles. The number of fused-ring (bicyclic) bond motifs is 2. The zero-order valence-corrected chi connectivity index (χ0v) is 22.2. The summed E-state index contributed by atoms with van der Waals surface area (Å²) in [5.74, 6) is -3.78. The van der Waals surface area contributed by atoms with Crippen LogP contribution < -0.4 is 5.32 Å². The molecule has 4 aromatic carbocycles. The molecular formula is C34H30N2O4. The summed E-state index contributed by atoms with van der Waals surface area (Å²) in [7, 11) is 0. The molecule has 2 saturated heterocycles. The number of aliphatic carboxylic acids is 1. The van der Waals surface area contributed by atoms with Crippen LogP contribution in [-0.4, -0.2) is 39.9 Å². The number of nitrogens with zero attached hydrogens (tertiary/aromatic N) is 1. The largest absolute Gasteiger partial charge is 0.480 e. The SMILES string of the molecule is Cc1ccccc1C1NC(Cc2ccc3ccccc3c2)(C(=O)O)C2C(=O)N(C/C=C\c3ccccc3)C(=O)C12. The molecule has 6 rings (SSSR count). The van der Waals surface area contributed by atoms with E-state index in [0.29, 0.717) is 0 Å². The van der Waals surface area contributed by atoms with Crippen LogP contribution in [0.4, 0.5) is 0 Å². The number of carbonyl (C=O) groups excluding carboxylic acids is 2. The monoisotopic (exact) mass is 530 g/mol. The van der Waals surface area contributed by atoms with Gasteiger partial charge in [-0.15, -0.1) is 0 Å². The van der Waals surface area contributed by atoms with Crippen molar-refractivity contribution >= 4 is 34.6 Å².